The van der Waals surface area contributed by atoms with E-state index in [0.29, 0.717) is 25.9 Å². The highest BCUT2D eigenvalue weighted by molar-refractivity contribution is 6.33. The van der Waals surface area contributed by atoms with Gasteiger partial charge in [0.1, 0.15) is 0 Å². The molecular weight excluding hydrogens is 334 g/mol. The number of non-ortho nitro benzene ring substituents is 1. The molecule has 126 valence electrons. The van der Waals surface area contributed by atoms with Crippen LogP contribution in [0.25, 0.3) is 0 Å². The molecule has 7 nitrogen and oxygen atoms in total. The first kappa shape index (κ1) is 17.7. The van der Waals surface area contributed by atoms with Crippen LogP contribution in [-0.4, -0.2) is 21.9 Å². The Morgan fingerprint density at radius 3 is 2.75 bits per heavy atom. The number of aryl methyl sites for hydroxylation is 1. The predicted octanol–water partition coefficient (Wildman–Crippen LogP) is 2.62. The molecule has 0 unspecified atom stereocenters. The standard InChI is InChI=1S/C16H16ClN3O4/c17-14-7-6-12(20(23)24)11-13(14)16(22)18-8-2-4-10-19-9-3-1-5-15(19)21/h1,3,5-7,9,11H,2,4,8,10H2,(H,18,22). The van der Waals surface area contributed by atoms with Gasteiger partial charge in [0.05, 0.1) is 15.5 Å². The lowest BCUT2D eigenvalue weighted by Gasteiger charge is -2.08. The first-order valence-electron chi connectivity index (χ1n) is 7.36. The number of carbonyl (C=O) groups is 1. The summed E-state index contributed by atoms with van der Waals surface area (Å²) in [6.07, 6.45) is 3.09. The van der Waals surface area contributed by atoms with E-state index in [1.165, 1.54) is 18.2 Å². The van der Waals surface area contributed by atoms with Crippen molar-refractivity contribution in [1.82, 2.24) is 9.88 Å². The van der Waals surface area contributed by atoms with E-state index in [1.54, 1.807) is 22.9 Å². The number of nitro benzene ring substituents is 1. The molecule has 1 aromatic carbocycles. The van der Waals surface area contributed by atoms with Gasteiger partial charge in [-0.15, -0.1) is 0 Å². The van der Waals surface area contributed by atoms with Crippen molar-refractivity contribution in [1.29, 1.82) is 0 Å². The summed E-state index contributed by atoms with van der Waals surface area (Å²) in [5.41, 5.74) is -0.178. The number of hydrogen-bond donors (Lipinski definition) is 1. The molecule has 2 aromatic rings. The van der Waals surface area contributed by atoms with Gasteiger partial charge in [-0.3, -0.25) is 19.7 Å². The normalized spacial score (nSPS) is 10.4. The lowest BCUT2D eigenvalue weighted by atomic mass is 10.2. The van der Waals surface area contributed by atoms with Gasteiger partial charge in [0, 0.05) is 37.5 Å². The highest BCUT2D eigenvalue weighted by Gasteiger charge is 2.15. The minimum atomic E-state index is -0.579. The molecule has 8 heteroatoms. The SMILES string of the molecule is O=C(NCCCCn1ccccc1=O)c1cc([N+](=O)[O-])ccc1Cl. The van der Waals surface area contributed by atoms with Crippen molar-refractivity contribution < 1.29 is 9.72 Å². The summed E-state index contributed by atoms with van der Waals surface area (Å²) in [7, 11) is 0. The number of aromatic nitrogens is 1. The molecule has 0 radical (unpaired) electrons. The van der Waals surface area contributed by atoms with Crippen LogP contribution in [0.2, 0.25) is 5.02 Å². The quantitative estimate of drug-likeness (QED) is 0.472. The lowest BCUT2D eigenvalue weighted by molar-refractivity contribution is -0.384. The van der Waals surface area contributed by atoms with Gasteiger partial charge in [-0.2, -0.15) is 0 Å². The Morgan fingerprint density at radius 1 is 1.25 bits per heavy atom. The van der Waals surface area contributed by atoms with Crippen LogP contribution in [0.5, 0.6) is 0 Å². The third kappa shape index (κ3) is 4.66. The fraction of sp³-hybridized carbons (Fsp3) is 0.250. The monoisotopic (exact) mass is 349 g/mol. The summed E-state index contributed by atoms with van der Waals surface area (Å²) in [4.78, 5) is 33.8. The van der Waals surface area contributed by atoms with Crippen LogP contribution in [0, 0.1) is 10.1 Å². The third-order valence-corrected chi connectivity index (χ3v) is 3.75. The molecule has 0 spiro atoms. The minimum absolute atomic E-state index is 0.0649. The summed E-state index contributed by atoms with van der Waals surface area (Å²) in [5.74, 6) is -0.458. The zero-order chi connectivity index (χ0) is 17.5. The zero-order valence-corrected chi connectivity index (χ0v) is 13.5. The van der Waals surface area contributed by atoms with E-state index in [-0.39, 0.29) is 21.8 Å². The summed E-state index contributed by atoms with van der Waals surface area (Å²) >= 11 is 5.91. The lowest BCUT2D eigenvalue weighted by Crippen LogP contribution is -2.25. The number of rotatable bonds is 7. The Morgan fingerprint density at radius 2 is 2.04 bits per heavy atom. The van der Waals surface area contributed by atoms with Crippen LogP contribution in [0.1, 0.15) is 23.2 Å². The Balaban J connectivity index is 1.83. The second-order valence-electron chi connectivity index (χ2n) is 5.12. The van der Waals surface area contributed by atoms with E-state index in [9.17, 15) is 19.7 Å². The average Bonchev–Trinajstić information content (AvgIpc) is 2.56. The van der Waals surface area contributed by atoms with E-state index >= 15 is 0 Å². The summed E-state index contributed by atoms with van der Waals surface area (Å²) in [5, 5.41) is 13.6. The second-order valence-corrected chi connectivity index (χ2v) is 5.52. The Kier molecular flexibility index (Phi) is 6.08. The van der Waals surface area contributed by atoms with Crippen LogP contribution in [-0.2, 0) is 6.54 Å². The molecule has 1 N–H and O–H groups in total. The van der Waals surface area contributed by atoms with E-state index in [0.717, 1.165) is 6.07 Å². The molecule has 0 bridgehead atoms. The molecule has 0 aliphatic carbocycles. The predicted molar refractivity (Wildman–Crippen MR) is 90.4 cm³/mol. The first-order valence-corrected chi connectivity index (χ1v) is 7.74. The van der Waals surface area contributed by atoms with Gasteiger partial charge >= 0.3 is 0 Å². The highest BCUT2D eigenvalue weighted by Crippen LogP contribution is 2.21. The largest absolute Gasteiger partial charge is 0.352 e. The number of pyridine rings is 1. The van der Waals surface area contributed by atoms with Crippen molar-refractivity contribution in [3.05, 3.63) is 73.6 Å². The maximum atomic E-state index is 12.1. The number of halogens is 1. The number of nitro groups is 1. The molecule has 2 rings (SSSR count). The Bertz CT molecular complexity index is 804. The molecule has 0 aliphatic rings. The molecule has 1 amide bonds. The molecule has 0 atom stereocenters. The summed E-state index contributed by atoms with van der Waals surface area (Å²) in [6.45, 7) is 0.951. The van der Waals surface area contributed by atoms with Crippen LogP contribution in [0.4, 0.5) is 5.69 Å². The second kappa shape index (κ2) is 8.26. The van der Waals surface area contributed by atoms with Crippen molar-refractivity contribution in [3.8, 4) is 0 Å². The van der Waals surface area contributed by atoms with E-state index in [4.69, 9.17) is 11.6 Å². The number of hydrogen-bond acceptors (Lipinski definition) is 4. The number of amides is 1. The highest BCUT2D eigenvalue weighted by atomic mass is 35.5. The molecule has 1 heterocycles. The number of nitrogens with zero attached hydrogens (tertiary/aromatic N) is 2. The molecule has 1 aromatic heterocycles. The van der Waals surface area contributed by atoms with Crippen LogP contribution in [0.15, 0.2) is 47.4 Å². The molecule has 24 heavy (non-hydrogen) atoms. The number of carbonyl (C=O) groups excluding carboxylic acids is 1. The Labute approximate surface area is 143 Å². The van der Waals surface area contributed by atoms with Crippen molar-refractivity contribution in [3.63, 3.8) is 0 Å². The third-order valence-electron chi connectivity index (χ3n) is 3.42. The van der Waals surface area contributed by atoms with Gasteiger partial charge in [0.25, 0.3) is 11.6 Å². The average molecular weight is 350 g/mol. The molecule has 0 aliphatic heterocycles. The molecule has 0 fully saturated rings. The van der Waals surface area contributed by atoms with Gasteiger partial charge in [-0.25, -0.2) is 0 Å². The summed E-state index contributed by atoms with van der Waals surface area (Å²) in [6, 6.07) is 8.69. The van der Waals surface area contributed by atoms with E-state index in [1.807, 2.05) is 0 Å². The van der Waals surface area contributed by atoms with Crippen molar-refractivity contribution in [2.75, 3.05) is 6.54 Å². The maximum Gasteiger partial charge on any atom is 0.270 e. The van der Waals surface area contributed by atoms with Gasteiger partial charge in [-0.05, 0) is 25.0 Å². The number of unbranched alkanes of at least 4 members (excludes halogenated alkanes) is 1. The molecular formula is C16H16ClN3O4. The maximum absolute atomic E-state index is 12.1. The molecule has 0 saturated heterocycles. The fourth-order valence-electron chi connectivity index (χ4n) is 2.15. The van der Waals surface area contributed by atoms with Gasteiger partial charge < -0.3 is 9.88 Å². The van der Waals surface area contributed by atoms with Crippen LogP contribution in [0.3, 0.4) is 0 Å². The topological polar surface area (TPSA) is 94.2 Å². The van der Waals surface area contributed by atoms with Gasteiger partial charge in [-0.1, -0.05) is 17.7 Å². The smallest absolute Gasteiger partial charge is 0.270 e. The number of nitrogens with one attached hydrogen (secondary N) is 1. The van der Waals surface area contributed by atoms with Crippen molar-refractivity contribution in [2.45, 2.75) is 19.4 Å². The first-order chi connectivity index (χ1) is 11.5. The fourth-order valence-corrected chi connectivity index (χ4v) is 2.35. The zero-order valence-electron chi connectivity index (χ0n) is 12.8. The number of benzene rings is 1. The van der Waals surface area contributed by atoms with Crippen LogP contribution < -0.4 is 10.9 Å². The van der Waals surface area contributed by atoms with E-state index in [2.05, 4.69) is 5.32 Å². The van der Waals surface area contributed by atoms with Gasteiger partial charge in [0.2, 0.25) is 5.56 Å². The summed E-state index contributed by atoms with van der Waals surface area (Å²) < 4.78 is 1.60. The Hall–Kier alpha value is -2.67. The van der Waals surface area contributed by atoms with E-state index < -0.39 is 10.8 Å². The minimum Gasteiger partial charge on any atom is -0.352 e. The van der Waals surface area contributed by atoms with Gasteiger partial charge in [0.15, 0.2) is 0 Å². The van der Waals surface area contributed by atoms with Crippen molar-refractivity contribution in [2.24, 2.45) is 0 Å². The molecule has 0 saturated carbocycles. The van der Waals surface area contributed by atoms with Crippen LogP contribution >= 0.6 is 11.6 Å². The van der Waals surface area contributed by atoms with Crippen molar-refractivity contribution >= 4 is 23.2 Å².